The largest absolute Gasteiger partial charge is 0.432 e. The van der Waals surface area contributed by atoms with E-state index in [4.69, 9.17) is 14.6 Å². The summed E-state index contributed by atoms with van der Waals surface area (Å²) in [5.41, 5.74) is 0. The quantitative estimate of drug-likeness (QED) is 0.399. The summed E-state index contributed by atoms with van der Waals surface area (Å²) in [5, 5.41) is 0. The second-order valence-electron chi connectivity index (χ2n) is 2.64. The lowest BCUT2D eigenvalue weighted by atomic mass is 11.8. The lowest BCUT2D eigenvalue weighted by molar-refractivity contribution is 0.376. The van der Waals surface area contributed by atoms with Crippen molar-refractivity contribution in [2.24, 2.45) is 0 Å². The highest BCUT2D eigenvalue weighted by Gasteiger charge is 2.28. The minimum Gasteiger partial charge on any atom is -0.432 e. The monoisotopic (exact) mass is 170 g/mol. The van der Waals surface area contributed by atoms with Crippen molar-refractivity contribution in [2.45, 2.75) is 13.1 Å². The van der Waals surface area contributed by atoms with E-state index in [1.54, 1.807) is 0 Å². The third-order valence-corrected chi connectivity index (χ3v) is 5.34. The fourth-order valence-corrected chi connectivity index (χ4v) is 4.54. The molecule has 4 nitrogen and oxygen atoms in total. The van der Waals surface area contributed by atoms with Gasteiger partial charge in [0.25, 0.3) is 0 Å². The average molecular weight is 170 g/mol. The van der Waals surface area contributed by atoms with E-state index < -0.39 is 15.9 Å². The van der Waals surface area contributed by atoms with E-state index in [2.05, 4.69) is 0 Å². The van der Waals surface area contributed by atoms with Crippen LogP contribution in [-0.2, 0) is 4.57 Å². The standard InChI is InChI=1S/C3H11O4PSi/c1-9(2,7)3-8(4,5)6/h7H,3H2,1-2H3,(H2,4,5,6). The molecule has 0 aromatic rings. The number of rotatable bonds is 2. The van der Waals surface area contributed by atoms with Gasteiger partial charge in [0.1, 0.15) is 0 Å². The van der Waals surface area contributed by atoms with Crippen molar-refractivity contribution in [2.75, 3.05) is 5.79 Å². The zero-order valence-corrected chi connectivity index (χ0v) is 7.30. The summed E-state index contributed by atoms with van der Waals surface area (Å²) in [4.78, 5) is 25.7. The van der Waals surface area contributed by atoms with E-state index in [-0.39, 0.29) is 5.79 Å². The molecule has 6 heteroatoms. The summed E-state index contributed by atoms with van der Waals surface area (Å²) in [7, 11) is -6.53. The van der Waals surface area contributed by atoms with Gasteiger partial charge in [-0.15, -0.1) is 0 Å². The highest BCUT2D eigenvalue weighted by molar-refractivity contribution is 7.54. The molecule has 0 aliphatic carbocycles. The van der Waals surface area contributed by atoms with Crippen molar-refractivity contribution < 1.29 is 19.1 Å². The minimum atomic E-state index is -3.98. The van der Waals surface area contributed by atoms with Crippen molar-refractivity contribution in [3.63, 3.8) is 0 Å². The van der Waals surface area contributed by atoms with Crippen LogP contribution in [0.5, 0.6) is 0 Å². The third-order valence-electron chi connectivity index (χ3n) is 0.593. The van der Waals surface area contributed by atoms with Gasteiger partial charge in [-0.25, -0.2) is 0 Å². The Bertz CT molecular complexity index is 133. The molecule has 0 rings (SSSR count). The van der Waals surface area contributed by atoms with Crippen LogP contribution in [0, 0.1) is 0 Å². The normalized spacial score (nSPS) is 13.9. The van der Waals surface area contributed by atoms with Crippen molar-refractivity contribution in [1.29, 1.82) is 0 Å². The van der Waals surface area contributed by atoms with Gasteiger partial charge in [-0.3, -0.25) is 4.57 Å². The van der Waals surface area contributed by atoms with E-state index in [0.717, 1.165) is 0 Å². The first kappa shape index (κ1) is 9.33. The lowest BCUT2D eigenvalue weighted by Crippen LogP contribution is -2.30. The van der Waals surface area contributed by atoms with Gasteiger partial charge >= 0.3 is 7.60 Å². The second-order valence-corrected chi connectivity index (χ2v) is 8.85. The molecule has 9 heavy (non-hydrogen) atoms. The molecular formula is C3H11O4PSi. The van der Waals surface area contributed by atoms with Crippen LogP contribution in [0.25, 0.3) is 0 Å². The Balaban J connectivity index is 3.90. The van der Waals surface area contributed by atoms with Crippen molar-refractivity contribution in [3.8, 4) is 0 Å². The van der Waals surface area contributed by atoms with Crippen molar-refractivity contribution in [1.82, 2.24) is 0 Å². The Morgan fingerprint density at radius 1 is 1.44 bits per heavy atom. The molecule has 3 N–H and O–H groups in total. The van der Waals surface area contributed by atoms with E-state index >= 15 is 0 Å². The first-order valence-electron chi connectivity index (χ1n) is 2.48. The highest BCUT2D eigenvalue weighted by Crippen LogP contribution is 2.36. The lowest BCUT2D eigenvalue weighted by Gasteiger charge is -2.13. The highest BCUT2D eigenvalue weighted by atomic mass is 31.2. The van der Waals surface area contributed by atoms with Gasteiger partial charge in [-0.05, 0) is 13.1 Å². The Morgan fingerprint density at radius 3 is 1.78 bits per heavy atom. The van der Waals surface area contributed by atoms with E-state index in [9.17, 15) is 4.57 Å². The van der Waals surface area contributed by atoms with E-state index in [1.807, 2.05) is 0 Å². The van der Waals surface area contributed by atoms with Crippen molar-refractivity contribution >= 4 is 15.9 Å². The van der Waals surface area contributed by atoms with Gasteiger partial charge in [0.15, 0.2) is 8.32 Å². The van der Waals surface area contributed by atoms with Crippen LogP contribution in [0.2, 0.25) is 13.1 Å². The molecule has 0 heterocycles. The molecule has 0 atom stereocenters. The Kier molecular flexibility index (Phi) is 2.61. The fraction of sp³-hybridized carbons (Fsp3) is 1.00. The van der Waals surface area contributed by atoms with Crippen LogP contribution >= 0.6 is 7.60 Å². The molecule has 0 bridgehead atoms. The molecule has 0 aliphatic heterocycles. The van der Waals surface area contributed by atoms with Gasteiger partial charge in [0, 0.05) is 0 Å². The fourth-order valence-electron chi connectivity index (χ4n) is 0.504. The van der Waals surface area contributed by atoms with Crippen LogP contribution < -0.4 is 0 Å². The maximum atomic E-state index is 10.2. The predicted octanol–water partition coefficient (Wildman–Crippen LogP) is -0.0993. The van der Waals surface area contributed by atoms with Crippen LogP contribution in [0.1, 0.15) is 0 Å². The molecule has 0 amide bonds. The topological polar surface area (TPSA) is 77.8 Å². The third kappa shape index (κ3) is 8.33. The summed E-state index contributed by atoms with van der Waals surface area (Å²) >= 11 is 0. The maximum absolute atomic E-state index is 10.2. The molecular weight excluding hydrogens is 159 g/mol. The summed E-state index contributed by atoms with van der Waals surface area (Å²) in [6.45, 7) is 2.98. The average Bonchev–Trinajstić information content (AvgIpc) is 1.14. The molecule has 0 aliphatic rings. The maximum Gasteiger partial charge on any atom is 0.325 e. The molecule has 56 valence electrons. The first-order chi connectivity index (χ1) is 3.71. The van der Waals surface area contributed by atoms with Gasteiger partial charge in [0.2, 0.25) is 0 Å². The smallest absolute Gasteiger partial charge is 0.325 e. The van der Waals surface area contributed by atoms with Gasteiger partial charge < -0.3 is 14.6 Å². The van der Waals surface area contributed by atoms with Crippen molar-refractivity contribution in [3.05, 3.63) is 0 Å². The molecule has 0 aromatic heterocycles. The van der Waals surface area contributed by atoms with Crippen LogP contribution in [0.3, 0.4) is 0 Å². The Morgan fingerprint density at radius 2 is 1.78 bits per heavy atom. The SMILES string of the molecule is C[Si](C)(O)CP(=O)(O)O. The van der Waals surface area contributed by atoms with Crippen LogP contribution in [0.4, 0.5) is 0 Å². The Labute approximate surface area is 54.8 Å². The van der Waals surface area contributed by atoms with Gasteiger partial charge in [-0.1, -0.05) is 0 Å². The number of hydrogen-bond donors (Lipinski definition) is 3. The van der Waals surface area contributed by atoms with Gasteiger partial charge in [-0.2, -0.15) is 0 Å². The van der Waals surface area contributed by atoms with E-state index in [1.165, 1.54) is 13.1 Å². The second kappa shape index (κ2) is 2.52. The molecule has 0 aromatic carbocycles. The molecule has 0 unspecified atom stereocenters. The first-order valence-corrected chi connectivity index (χ1v) is 7.43. The van der Waals surface area contributed by atoms with E-state index in [0.29, 0.717) is 0 Å². The van der Waals surface area contributed by atoms with Gasteiger partial charge in [0.05, 0.1) is 5.79 Å². The molecule has 0 spiro atoms. The van der Waals surface area contributed by atoms with Crippen LogP contribution in [0.15, 0.2) is 0 Å². The molecule has 0 saturated carbocycles. The molecule has 0 fully saturated rings. The predicted molar refractivity (Wildman–Crippen MR) is 36.6 cm³/mol. The van der Waals surface area contributed by atoms with Crippen LogP contribution in [-0.4, -0.2) is 28.7 Å². The Hall–Kier alpha value is 0.327. The zero-order chi connectivity index (χ0) is 7.71. The minimum absolute atomic E-state index is 0.347. The number of hydrogen-bond acceptors (Lipinski definition) is 2. The summed E-state index contributed by atoms with van der Waals surface area (Å²) < 4.78 is 10.2. The zero-order valence-electron chi connectivity index (χ0n) is 5.40. The molecule has 0 radical (unpaired) electrons. The summed E-state index contributed by atoms with van der Waals surface area (Å²) in [5.74, 6) is -0.347. The summed E-state index contributed by atoms with van der Waals surface area (Å²) in [6, 6.07) is 0. The molecule has 0 saturated heterocycles. The summed E-state index contributed by atoms with van der Waals surface area (Å²) in [6.07, 6.45) is 0.